The fraction of sp³-hybridized carbons (Fsp3) is 0.452. The van der Waals surface area contributed by atoms with Gasteiger partial charge in [0.15, 0.2) is 0 Å². The maximum atomic E-state index is 12.4. The van der Waals surface area contributed by atoms with Gasteiger partial charge in [0, 0.05) is 47.6 Å². The number of carbonyl (C=O) groups is 2. The van der Waals surface area contributed by atoms with Crippen molar-refractivity contribution in [2.45, 2.75) is 155 Å². The molecule has 2 unspecified atom stereocenters. The van der Waals surface area contributed by atoms with E-state index in [1.807, 2.05) is 86.6 Å². The third-order valence-corrected chi connectivity index (χ3v) is 12.1. The maximum Gasteiger partial charge on any atom is 0.331 e. The molecule has 0 aliphatic heterocycles. The van der Waals surface area contributed by atoms with E-state index in [4.69, 9.17) is 38.9 Å². The first-order chi connectivity index (χ1) is 35.1. The molecule has 10 nitrogen and oxygen atoms in total. The summed E-state index contributed by atoms with van der Waals surface area (Å²) < 4.78 is 34.6. The largest absolute Gasteiger partial charge is 0.494 e. The smallest absolute Gasteiger partial charge is 0.331 e. The molecule has 10 heteroatoms. The second-order valence-electron chi connectivity index (χ2n) is 18.1. The van der Waals surface area contributed by atoms with Gasteiger partial charge >= 0.3 is 11.9 Å². The molecular formula is C62H74N2O8. The number of hydrogen-bond donors (Lipinski definition) is 0. The van der Waals surface area contributed by atoms with Crippen molar-refractivity contribution in [1.82, 2.24) is 0 Å². The molecule has 0 fully saturated rings. The van der Waals surface area contributed by atoms with Gasteiger partial charge in [0.05, 0.1) is 48.7 Å². The molecule has 4 aromatic rings. The highest BCUT2D eigenvalue weighted by Gasteiger charge is 2.18. The Morgan fingerprint density at radius 2 is 0.625 bits per heavy atom. The van der Waals surface area contributed by atoms with Gasteiger partial charge in [-0.25, -0.2) is 9.59 Å². The predicted molar refractivity (Wildman–Crippen MR) is 283 cm³/mol. The van der Waals surface area contributed by atoms with Crippen molar-refractivity contribution in [3.8, 4) is 47.3 Å². The molecule has 0 aliphatic carbocycles. The molecule has 0 N–H and O–H groups in total. The van der Waals surface area contributed by atoms with E-state index in [2.05, 4.69) is 35.8 Å². The third-order valence-electron chi connectivity index (χ3n) is 12.1. The summed E-state index contributed by atoms with van der Waals surface area (Å²) in [5.41, 5.74) is 4.83. The van der Waals surface area contributed by atoms with Gasteiger partial charge in [-0.05, 0) is 150 Å². The predicted octanol–water partition coefficient (Wildman–Crippen LogP) is 13.2. The Balaban J connectivity index is 0.896. The molecule has 4 aromatic carbocycles. The van der Waals surface area contributed by atoms with Crippen LogP contribution in [-0.2, 0) is 28.5 Å². The molecule has 72 heavy (non-hydrogen) atoms. The number of nitrogens with zero attached hydrogens (tertiary/aromatic N) is 2. The summed E-state index contributed by atoms with van der Waals surface area (Å²) in [5, 5.41) is 17.9. The van der Waals surface area contributed by atoms with Crippen molar-refractivity contribution in [3.05, 3.63) is 143 Å². The normalized spacial score (nSPS) is 12.4. The Morgan fingerprint density at radius 1 is 0.375 bits per heavy atom. The van der Waals surface area contributed by atoms with Crippen LogP contribution in [0.1, 0.15) is 164 Å². The summed E-state index contributed by atoms with van der Waals surface area (Å²) in [6.45, 7) is 9.94. The van der Waals surface area contributed by atoms with E-state index in [9.17, 15) is 9.59 Å². The maximum absolute atomic E-state index is 12.4. The van der Waals surface area contributed by atoms with E-state index < -0.39 is 24.1 Å². The second-order valence-corrected chi connectivity index (χ2v) is 18.1. The van der Waals surface area contributed by atoms with Crippen LogP contribution in [0.15, 0.2) is 109 Å². The molecule has 0 saturated carbocycles. The van der Waals surface area contributed by atoms with Crippen molar-refractivity contribution in [2.75, 3.05) is 26.4 Å². The minimum absolute atomic E-state index is 0.273. The highest BCUT2D eigenvalue weighted by molar-refractivity contribution is 5.91. The molecule has 0 saturated heterocycles. The Morgan fingerprint density at radius 3 is 0.917 bits per heavy atom. The van der Waals surface area contributed by atoms with Crippen molar-refractivity contribution >= 4 is 11.9 Å². The summed E-state index contributed by atoms with van der Waals surface area (Å²) in [6, 6.07) is 34.4. The Bertz CT molecular complexity index is 2240. The summed E-state index contributed by atoms with van der Waals surface area (Å²) in [4.78, 5) is 24.8. The van der Waals surface area contributed by atoms with Crippen molar-refractivity contribution in [3.63, 3.8) is 0 Å². The average Bonchev–Trinajstić information content (AvgIpc) is 3.40. The number of nitriles is 2. The zero-order valence-corrected chi connectivity index (χ0v) is 43.0. The van der Waals surface area contributed by atoms with Gasteiger partial charge in [-0.2, -0.15) is 10.5 Å². The van der Waals surface area contributed by atoms with E-state index in [1.165, 1.54) is 38.5 Å². The van der Waals surface area contributed by atoms with Crippen LogP contribution in [0, 0.1) is 46.3 Å². The molecule has 0 heterocycles. The zero-order chi connectivity index (χ0) is 51.4. The number of rotatable bonds is 32. The number of hydrogen-bond acceptors (Lipinski definition) is 10. The van der Waals surface area contributed by atoms with Crippen LogP contribution >= 0.6 is 0 Å². The summed E-state index contributed by atoms with van der Waals surface area (Å²) >= 11 is 0. The first kappa shape index (κ1) is 57.8. The summed E-state index contributed by atoms with van der Waals surface area (Å²) in [7, 11) is 0. The van der Waals surface area contributed by atoms with E-state index in [1.54, 1.807) is 38.1 Å². The first-order valence-electron chi connectivity index (χ1n) is 25.9. The van der Waals surface area contributed by atoms with Gasteiger partial charge in [-0.15, -0.1) is 0 Å². The van der Waals surface area contributed by atoms with Crippen LogP contribution < -0.4 is 9.47 Å². The van der Waals surface area contributed by atoms with Crippen LogP contribution in [0.4, 0.5) is 0 Å². The lowest BCUT2D eigenvalue weighted by atomic mass is 10.1. The molecule has 0 bridgehead atoms. The summed E-state index contributed by atoms with van der Waals surface area (Å²) in [6.07, 6.45) is 18.6. The van der Waals surface area contributed by atoms with Gasteiger partial charge in [-0.1, -0.05) is 101 Å². The molecule has 0 aromatic heterocycles. The third kappa shape index (κ3) is 25.3. The zero-order valence-electron chi connectivity index (χ0n) is 43.0. The van der Waals surface area contributed by atoms with E-state index in [-0.39, 0.29) is 12.2 Å². The molecular weight excluding hydrogens is 901 g/mol. The molecule has 0 radical (unpaired) electrons. The Hall–Kier alpha value is -6.82. The van der Waals surface area contributed by atoms with Gasteiger partial charge < -0.3 is 28.4 Å². The van der Waals surface area contributed by atoms with Gasteiger partial charge in [0.2, 0.25) is 0 Å². The molecule has 4 atom stereocenters. The highest BCUT2D eigenvalue weighted by Crippen LogP contribution is 2.17. The van der Waals surface area contributed by atoms with Crippen LogP contribution in [0.25, 0.3) is 0 Å². The Kier molecular flexibility index (Phi) is 28.3. The topological polar surface area (TPSA) is 137 Å². The lowest BCUT2D eigenvalue weighted by Crippen LogP contribution is -2.29. The Labute approximate surface area is 430 Å². The first-order valence-corrected chi connectivity index (χ1v) is 25.9. The minimum atomic E-state index is -0.618. The average molecular weight is 975 g/mol. The molecule has 4 rings (SSSR count). The van der Waals surface area contributed by atoms with Crippen LogP contribution in [-0.4, -0.2) is 62.8 Å². The van der Waals surface area contributed by atoms with Crippen molar-refractivity contribution in [1.29, 1.82) is 10.5 Å². The monoisotopic (exact) mass is 975 g/mol. The van der Waals surface area contributed by atoms with E-state index in [0.717, 1.165) is 110 Å². The fourth-order valence-electron chi connectivity index (χ4n) is 7.31. The fourth-order valence-corrected chi connectivity index (χ4v) is 7.31. The molecule has 0 amide bonds. The molecule has 380 valence electrons. The number of esters is 2. The van der Waals surface area contributed by atoms with E-state index >= 15 is 0 Å². The van der Waals surface area contributed by atoms with Crippen LogP contribution in [0.2, 0.25) is 0 Å². The quantitative estimate of drug-likeness (QED) is 0.0201. The lowest BCUT2D eigenvalue weighted by Gasteiger charge is -2.21. The van der Waals surface area contributed by atoms with Crippen molar-refractivity contribution < 1.29 is 38.0 Å². The second kappa shape index (κ2) is 35.3. The van der Waals surface area contributed by atoms with Crippen LogP contribution in [0.3, 0.4) is 0 Å². The number of benzene rings is 4. The molecule has 0 aliphatic rings. The summed E-state index contributed by atoms with van der Waals surface area (Å²) in [5.74, 6) is 13.0. The number of unbranched alkanes of at least 4 members (excludes halogenated alkanes) is 14. The van der Waals surface area contributed by atoms with Gasteiger partial charge in [-0.3, -0.25) is 0 Å². The number of carbonyl (C=O) groups excluding carboxylic acids is 2. The molecule has 0 spiro atoms. The highest BCUT2D eigenvalue weighted by atomic mass is 16.6. The van der Waals surface area contributed by atoms with Crippen molar-refractivity contribution in [2.24, 2.45) is 0 Å². The SMILES string of the molecule is CC(OCCCCCCCCCCOc1ccc(C#Cc2ccc(C#N)cc2)cc1)[C@H](C)OC(=O)/C=C/C(=O)O[C@@H](C)C(C)OCCCCCCCCCCOc1ccc(C#Cc2ccc(C#N)cc2)cc1. The standard InChI is InChI=1S/C62H74N2O8/c1-49(67-43-17-13-9-5-7-11-15-19-45-69-59-37-33-55(34-38-59)23-21-53-25-29-57(47-63)30-26-53)51(3)71-61(65)41-42-62(66)72-52(4)50(2)68-44-18-14-10-6-8-12-16-20-46-70-60-39-35-56(36-40-60)24-22-54-27-31-58(48-64)32-28-54/h25-42,49-52H,5-20,43-46H2,1-4H3/b42-41+/t49?,50?,51-,52-/m0/s1. The van der Waals surface area contributed by atoms with Crippen LogP contribution in [0.5, 0.6) is 11.5 Å². The number of ether oxygens (including phenoxy) is 6. The van der Waals surface area contributed by atoms with E-state index in [0.29, 0.717) is 37.6 Å². The van der Waals surface area contributed by atoms with Gasteiger partial charge in [0.25, 0.3) is 0 Å². The lowest BCUT2D eigenvalue weighted by molar-refractivity contribution is -0.152. The minimum Gasteiger partial charge on any atom is -0.494 e. The van der Waals surface area contributed by atoms with Gasteiger partial charge in [0.1, 0.15) is 23.7 Å².